The highest BCUT2D eigenvalue weighted by atomic mass is 19.2. The lowest BCUT2D eigenvalue weighted by Gasteiger charge is -2.21. The first kappa shape index (κ1) is 14.4. The SMILES string of the molecule is CCCN(CCO)C(=O)Nc1ccc(F)c(F)c1. The van der Waals surface area contributed by atoms with Gasteiger partial charge in [-0.3, -0.25) is 0 Å². The van der Waals surface area contributed by atoms with Crippen LogP contribution in [0.4, 0.5) is 19.3 Å². The molecule has 100 valence electrons. The summed E-state index contributed by atoms with van der Waals surface area (Å²) in [6.07, 6.45) is 0.741. The standard InChI is InChI=1S/C12H16F2N2O2/c1-2-5-16(6-7-17)12(18)15-9-3-4-10(13)11(14)8-9/h3-4,8,17H,2,5-7H2,1H3,(H,15,18). The zero-order chi connectivity index (χ0) is 13.5. The summed E-state index contributed by atoms with van der Waals surface area (Å²) in [6.45, 7) is 2.43. The molecule has 0 saturated heterocycles. The Balaban J connectivity index is 2.69. The van der Waals surface area contributed by atoms with Crippen molar-refractivity contribution >= 4 is 11.7 Å². The first-order valence-electron chi connectivity index (χ1n) is 5.70. The number of amides is 2. The van der Waals surface area contributed by atoms with Gasteiger partial charge in [0.25, 0.3) is 0 Å². The van der Waals surface area contributed by atoms with E-state index in [1.807, 2.05) is 6.92 Å². The zero-order valence-electron chi connectivity index (χ0n) is 10.1. The minimum Gasteiger partial charge on any atom is -0.395 e. The van der Waals surface area contributed by atoms with Crippen molar-refractivity contribution in [1.82, 2.24) is 4.90 Å². The minimum absolute atomic E-state index is 0.148. The van der Waals surface area contributed by atoms with E-state index >= 15 is 0 Å². The molecule has 0 aliphatic rings. The highest BCUT2D eigenvalue weighted by molar-refractivity contribution is 5.89. The second kappa shape index (κ2) is 6.90. The fourth-order valence-electron chi connectivity index (χ4n) is 1.48. The zero-order valence-corrected chi connectivity index (χ0v) is 10.1. The first-order chi connectivity index (χ1) is 8.58. The van der Waals surface area contributed by atoms with Gasteiger partial charge in [-0.25, -0.2) is 13.6 Å². The number of urea groups is 1. The summed E-state index contributed by atoms with van der Waals surface area (Å²) in [6, 6.07) is 2.69. The molecular formula is C12H16F2N2O2. The average molecular weight is 258 g/mol. The third-order valence-corrected chi connectivity index (χ3v) is 2.32. The quantitative estimate of drug-likeness (QED) is 0.850. The molecule has 1 aromatic rings. The van der Waals surface area contributed by atoms with Crippen molar-refractivity contribution in [3.8, 4) is 0 Å². The third kappa shape index (κ3) is 3.96. The predicted molar refractivity (Wildman–Crippen MR) is 64.3 cm³/mol. The molecule has 0 fully saturated rings. The van der Waals surface area contributed by atoms with Gasteiger partial charge in [-0.15, -0.1) is 0 Å². The molecule has 0 saturated carbocycles. The van der Waals surface area contributed by atoms with Crippen LogP contribution in [0.1, 0.15) is 13.3 Å². The highest BCUT2D eigenvalue weighted by Crippen LogP contribution is 2.13. The van der Waals surface area contributed by atoms with Gasteiger partial charge in [0.2, 0.25) is 0 Å². The first-order valence-corrected chi connectivity index (χ1v) is 5.70. The van der Waals surface area contributed by atoms with Crippen LogP contribution in [0.3, 0.4) is 0 Å². The van der Waals surface area contributed by atoms with E-state index < -0.39 is 17.7 Å². The average Bonchev–Trinajstić information content (AvgIpc) is 2.33. The number of rotatable bonds is 5. The van der Waals surface area contributed by atoms with E-state index in [2.05, 4.69) is 5.32 Å². The molecule has 0 bridgehead atoms. The Bertz CT molecular complexity index is 407. The molecule has 1 aromatic carbocycles. The smallest absolute Gasteiger partial charge is 0.321 e. The molecule has 18 heavy (non-hydrogen) atoms. The number of carbonyl (C=O) groups is 1. The lowest BCUT2D eigenvalue weighted by Crippen LogP contribution is -2.37. The van der Waals surface area contributed by atoms with Crippen LogP contribution < -0.4 is 5.32 Å². The Kier molecular flexibility index (Phi) is 5.51. The minimum atomic E-state index is -1.02. The van der Waals surface area contributed by atoms with Gasteiger partial charge in [0, 0.05) is 24.8 Å². The van der Waals surface area contributed by atoms with Crippen LogP contribution in [0.15, 0.2) is 18.2 Å². The van der Waals surface area contributed by atoms with Crippen LogP contribution in [0.2, 0.25) is 0 Å². The maximum absolute atomic E-state index is 12.9. The summed E-state index contributed by atoms with van der Waals surface area (Å²) >= 11 is 0. The molecule has 2 N–H and O–H groups in total. The van der Waals surface area contributed by atoms with Gasteiger partial charge >= 0.3 is 6.03 Å². The summed E-state index contributed by atoms with van der Waals surface area (Å²) in [5.74, 6) is -1.98. The van der Waals surface area contributed by atoms with Crippen LogP contribution in [-0.2, 0) is 0 Å². The number of benzene rings is 1. The van der Waals surface area contributed by atoms with Gasteiger partial charge in [-0.2, -0.15) is 0 Å². The van der Waals surface area contributed by atoms with E-state index in [1.54, 1.807) is 0 Å². The molecule has 4 nitrogen and oxygen atoms in total. The molecule has 0 unspecified atom stereocenters. The van der Waals surface area contributed by atoms with Crippen molar-refractivity contribution in [3.63, 3.8) is 0 Å². The molecule has 2 amide bonds. The van der Waals surface area contributed by atoms with Crippen molar-refractivity contribution < 1.29 is 18.7 Å². The van der Waals surface area contributed by atoms with Gasteiger partial charge in [-0.05, 0) is 18.6 Å². The molecule has 0 heterocycles. The number of nitrogens with zero attached hydrogens (tertiary/aromatic N) is 1. The van der Waals surface area contributed by atoms with E-state index in [-0.39, 0.29) is 18.8 Å². The molecule has 0 atom stereocenters. The molecule has 0 aliphatic heterocycles. The van der Waals surface area contributed by atoms with Crippen LogP contribution >= 0.6 is 0 Å². The Morgan fingerprint density at radius 3 is 2.61 bits per heavy atom. The molecule has 1 rings (SSSR count). The Morgan fingerprint density at radius 1 is 1.33 bits per heavy atom. The summed E-state index contributed by atoms with van der Waals surface area (Å²) in [5.41, 5.74) is 0.179. The van der Waals surface area contributed by atoms with Crippen molar-refractivity contribution in [2.24, 2.45) is 0 Å². The molecule has 0 aromatic heterocycles. The van der Waals surface area contributed by atoms with E-state index in [0.717, 1.165) is 18.6 Å². The fraction of sp³-hybridized carbons (Fsp3) is 0.417. The molecule has 0 radical (unpaired) electrons. The summed E-state index contributed by atoms with van der Waals surface area (Å²) < 4.78 is 25.7. The number of anilines is 1. The second-order valence-electron chi connectivity index (χ2n) is 3.77. The normalized spacial score (nSPS) is 10.2. The summed E-state index contributed by atoms with van der Waals surface area (Å²) in [7, 11) is 0. The monoisotopic (exact) mass is 258 g/mol. The van der Waals surface area contributed by atoms with E-state index in [9.17, 15) is 13.6 Å². The van der Waals surface area contributed by atoms with Gasteiger partial charge < -0.3 is 15.3 Å². The van der Waals surface area contributed by atoms with Crippen LogP contribution in [-0.4, -0.2) is 35.7 Å². The summed E-state index contributed by atoms with van der Waals surface area (Å²) in [4.78, 5) is 13.2. The number of hydrogen-bond donors (Lipinski definition) is 2. The number of aliphatic hydroxyl groups is 1. The van der Waals surface area contributed by atoms with Gasteiger partial charge in [0.15, 0.2) is 11.6 Å². The number of nitrogens with one attached hydrogen (secondary N) is 1. The van der Waals surface area contributed by atoms with Crippen LogP contribution in [0, 0.1) is 11.6 Å². The summed E-state index contributed by atoms with van der Waals surface area (Å²) in [5, 5.41) is 11.3. The number of halogens is 2. The van der Waals surface area contributed by atoms with E-state index in [4.69, 9.17) is 5.11 Å². The van der Waals surface area contributed by atoms with Gasteiger partial charge in [0.05, 0.1) is 6.61 Å². The molecular weight excluding hydrogens is 242 g/mol. The maximum atomic E-state index is 12.9. The number of hydrogen-bond acceptors (Lipinski definition) is 2. The van der Waals surface area contributed by atoms with Crippen molar-refractivity contribution in [2.75, 3.05) is 25.0 Å². The predicted octanol–water partition coefficient (Wildman–Crippen LogP) is 2.20. The number of aliphatic hydroxyl groups excluding tert-OH is 1. The second-order valence-corrected chi connectivity index (χ2v) is 3.77. The fourth-order valence-corrected chi connectivity index (χ4v) is 1.48. The van der Waals surface area contributed by atoms with E-state index in [1.165, 1.54) is 11.0 Å². The molecule has 0 spiro atoms. The Labute approximate surface area is 104 Å². The van der Waals surface area contributed by atoms with Crippen LogP contribution in [0.25, 0.3) is 0 Å². The van der Waals surface area contributed by atoms with Crippen molar-refractivity contribution in [3.05, 3.63) is 29.8 Å². The Hall–Kier alpha value is -1.69. The van der Waals surface area contributed by atoms with Crippen molar-refractivity contribution in [2.45, 2.75) is 13.3 Å². The largest absolute Gasteiger partial charge is 0.395 e. The number of carbonyl (C=O) groups excluding carboxylic acids is 1. The van der Waals surface area contributed by atoms with Crippen LogP contribution in [0.5, 0.6) is 0 Å². The maximum Gasteiger partial charge on any atom is 0.321 e. The lowest BCUT2D eigenvalue weighted by atomic mass is 10.3. The lowest BCUT2D eigenvalue weighted by molar-refractivity contribution is 0.188. The Morgan fingerprint density at radius 2 is 2.06 bits per heavy atom. The third-order valence-electron chi connectivity index (χ3n) is 2.32. The topological polar surface area (TPSA) is 52.6 Å². The highest BCUT2D eigenvalue weighted by Gasteiger charge is 2.12. The van der Waals surface area contributed by atoms with Gasteiger partial charge in [-0.1, -0.05) is 6.92 Å². The molecule has 0 aliphatic carbocycles. The van der Waals surface area contributed by atoms with Crippen molar-refractivity contribution in [1.29, 1.82) is 0 Å². The molecule has 6 heteroatoms. The van der Waals surface area contributed by atoms with E-state index in [0.29, 0.717) is 6.54 Å². The van der Waals surface area contributed by atoms with Gasteiger partial charge in [0.1, 0.15) is 0 Å².